The first-order valence-corrected chi connectivity index (χ1v) is 7.57. The first kappa shape index (κ1) is 12.2. The van der Waals surface area contributed by atoms with Crippen molar-refractivity contribution in [1.82, 2.24) is 4.98 Å². The van der Waals surface area contributed by atoms with Crippen molar-refractivity contribution in [3.05, 3.63) is 47.2 Å². The van der Waals surface area contributed by atoms with Crippen LogP contribution >= 0.6 is 0 Å². The first-order chi connectivity index (χ1) is 9.75. The Morgan fingerprint density at radius 2 is 2.10 bits per heavy atom. The zero-order valence-electron chi connectivity index (χ0n) is 12.2. The summed E-state index contributed by atoms with van der Waals surface area (Å²) in [5.74, 6) is 0. The molecule has 2 heteroatoms. The topological polar surface area (TPSA) is 25.0 Å². The minimum atomic E-state index is 0.0274. The number of aromatic amines is 1. The van der Waals surface area contributed by atoms with Crippen LogP contribution in [0, 0.1) is 0 Å². The van der Waals surface area contributed by atoms with Gasteiger partial charge < -0.3 is 9.72 Å². The fourth-order valence-corrected chi connectivity index (χ4v) is 4.32. The number of nitrogens with one attached hydrogen (secondary N) is 1. The molecule has 0 amide bonds. The number of ether oxygens (including phenoxy) is 1. The number of hydrogen-bond donors (Lipinski definition) is 1. The summed E-state index contributed by atoms with van der Waals surface area (Å²) in [7, 11) is 1.86. The molecular weight excluding hydrogens is 246 g/mol. The quantitative estimate of drug-likeness (QED) is 0.773. The number of para-hydroxylation sites is 1. The molecule has 20 heavy (non-hydrogen) atoms. The van der Waals surface area contributed by atoms with E-state index in [0.717, 1.165) is 19.3 Å². The maximum atomic E-state index is 5.86. The Labute approximate surface area is 119 Å². The first-order valence-electron chi connectivity index (χ1n) is 7.57. The smallest absolute Gasteiger partial charge is 0.0720 e. The third-order valence-corrected chi connectivity index (χ3v) is 5.39. The zero-order valence-corrected chi connectivity index (χ0v) is 12.2. The molecule has 1 N–H and O–H groups in total. The van der Waals surface area contributed by atoms with Gasteiger partial charge in [0, 0.05) is 23.7 Å². The highest BCUT2D eigenvalue weighted by atomic mass is 16.5. The number of allylic oxidation sites excluding steroid dienone is 1. The Kier molecular flexibility index (Phi) is 2.58. The molecule has 0 saturated carbocycles. The van der Waals surface area contributed by atoms with E-state index in [9.17, 15) is 0 Å². The van der Waals surface area contributed by atoms with Gasteiger partial charge in [0.2, 0.25) is 0 Å². The van der Waals surface area contributed by atoms with Crippen LogP contribution in [0.2, 0.25) is 0 Å². The van der Waals surface area contributed by atoms with Crippen LogP contribution in [0.25, 0.3) is 10.9 Å². The van der Waals surface area contributed by atoms with Gasteiger partial charge in [0.15, 0.2) is 0 Å². The van der Waals surface area contributed by atoms with Gasteiger partial charge in [0.05, 0.1) is 11.5 Å². The molecule has 0 saturated heterocycles. The van der Waals surface area contributed by atoms with Crippen LogP contribution < -0.4 is 0 Å². The molecule has 104 valence electrons. The summed E-state index contributed by atoms with van der Waals surface area (Å²) in [5.41, 5.74) is 5.75. The molecule has 1 aromatic heterocycles. The molecular formula is C18H21NO. The predicted octanol–water partition coefficient (Wildman–Crippen LogP) is 4.11. The molecule has 2 atom stereocenters. The van der Waals surface area contributed by atoms with E-state index in [4.69, 9.17) is 4.74 Å². The highest BCUT2D eigenvalue weighted by Crippen LogP contribution is 2.49. The van der Waals surface area contributed by atoms with Gasteiger partial charge in [-0.2, -0.15) is 0 Å². The summed E-state index contributed by atoms with van der Waals surface area (Å²) < 4.78 is 5.86. The molecule has 1 aromatic carbocycles. The average Bonchev–Trinajstić information content (AvgIpc) is 2.86. The molecule has 4 rings (SSSR count). The molecule has 2 unspecified atom stereocenters. The molecule has 2 aliphatic rings. The van der Waals surface area contributed by atoms with Gasteiger partial charge in [-0.15, -0.1) is 0 Å². The van der Waals surface area contributed by atoms with Crippen molar-refractivity contribution in [2.24, 2.45) is 0 Å². The molecule has 2 aliphatic carbocycles. The highest BCUT2D eigenvalue weighted by molar-refractivity contribution is 5.86. The van der Waals surface area contributed by atoms with Crippen LogP contribution in [0.4, 0.5) is 0 Å². The SMILES string of the molecule is COC1CCC=C2CCc3c([nH]c4ccccc34)C21C. The Balaban J connectivity index is 2.00. The Bertz CT molecular complexity index is 697. The van der Waals surface area contributed by atoms with Crippen LogP contribution in [0.1, 0.15) is 37.4 Å². The summed E-state index contributed by atoms with van der Waals surface area (Å²) in [6, 6.07) is 8.68. The van der Waals surface area contributed by atoms with E-state index in [2.05, 4.69) is 42.2 Å². The minimum absolute atomic E-state index is 0.0274. The van der Waals surface area contributed by atoms with Crippen LogP contribution in [-0.4, -0.2) is 18.2 Å². The zero-order chi connectivity index (χ0) is 13.7. The van der Waals surface area contributed by atoms with Crippen molar-refractivity contribution in [2.75, 3.05) is 7.11 Å². The van der Waals surface area contributed by atoms with Crippen molar-refractivity contribution in [3.8, 4) is 0 Å². The molecule has 0 spiro atoms. The number of rotatable bonds is 1. The summed E-state index contributed by atoms with van der Waals surface area (Å²) in [6.07, 6.45) is 7.33. The minimum Gasteiger partial charge on any atom is -0.380 e. The average molecular weight is 267 g/mol. The molecule has 2 nitrogen and oxygen atoms in total. The lowest BCUT2D eigenvalue weighted by atomic mass is 9.64. The van der Waals surface area contributed by atoms with Gasteiger partial charge >= 0.3 is 0 Å². The lowest BCUT2D eigenvalue weighted by molar-refractivity contribution is 0.0370. The van der Waals surface area contributed by atoms with E-state index in [1.807, 2.05) is 7.11 Å². The van der Waals surface area contributed by atoms with Crippen LogP contribution in [-0.2, 0) is 16.6 Å². The standard InChI is InChI=1S/C18H21NO/c1-18-12(6-5-9-16(18)20-2)10-11-14-13-7-3-4-8-15(13)19-17(14)18/h3-4,6-8,16,19H,5,9-11H2,1-2H3. The summed E-state index contributed by atoms with van der Waals surface area (Å²) in [4.78, 5) is 3.70. The molecule has 0 aliphatic heterocycles. The number of hydrogen-bond acceptors (Lipinski definition) is 1. The van der Waals surface area contributed by atoms with E-state index < -0.39 is 0 Å². The fourth-order valence-electron chi connectivity index (χ4n) is 4.32. The fraction of sp³-hybridized carbons (Fsp3) is 0.444. The van der Waals surface area contributed by atoms with Gasteiger partial charge in [-0.25, -0.2) is 0 Å². The Morgan fingerprint density at radius 3 is 2.95 bits per heavy atom. The summed E-state index contributed by atoms with van der Waals surface area (Å²) in [6.45, 7) is 2.36. The van der Waals surface area contributed by atoms with E-state index in [-0.39, 0.29) is 11.5 Å². The normalized spacial score (nSPS) is 28.9. The maximum Gasteiger partial charge on any atom is 0.0720 e. The van der Waals surface area contributed by atoms with Crippen LogP contribution in [0.5, 0.6) is 0 Å². The van der Waals surface area contributed by atoms with E-state index in [1.165, 1.54) is 28.6 Å². The second-order valence-corrected chi connectivity index (χ2v) is 6.26. The van der Waals surface area contributed by atoms with Crippen molar-refractivity contribution >= 4 is 10.9 Å². The molecule has 0 radical (unpaired) electrons. The van der Waals surface area contributed by atoms with Gasteiger partial charge in [-0.3, -0.25) is 0 Å². The van der Waals surface area contributed by atoms with Gasteiger partial charge in [0.1, 0.15) is 0 Å². The van der Waals surface area contributed by atoms with Crippen LogP contribution in [0.3, 0.4) is 0 Å². The third-order valence-electron chi connectivity index (χ3n) is 5.39. The number of benzene rings is 1. The maximum absolute atomic E-state index is 5.86. The molecule has 0 fully saturated rings. The lowest BCUT2D eigenvalue weighted by Crippen LogP contribution is -2.44. The summed E-state index contributed by atoms with van der Waals surface area (Å²) in [5, 5.41) is 1.39. The molecule has 2 aromatic rings. The van der Waals surface area contributed by atoms with Crippen molar-refractivity contribution < 1.29 is 4.74 Å². The molecule has 0 bridgehead atoms. The van der Waals surface area contributed by atoms with Crippen molar-refractivity contribution in [2.45, 2.75) is 44.1 Å². The van der Waals surface area contributed by atoms with Crippen molar-refractivity contribution in [1.29, 1.82) is 0 Å². The third kappa shape index (κ3) is 1.43. The van der Waals surface area contributed by atoms with Gasteiger partial charge in [-0.05, 0) is 44.2 Å². The van der Waals surface area contributed by atoms with E-state index in [0.29, 0.717) is 0 Å². The largest absolute Gasteiger partial charge is 0.380 e. The Hall–Kier alpha value is -1.54. The number of aromatic nitrogens is 1. The number of methoxy groups -OCH3 is 1. The Morgan fingerprint density at radius 1 is 1.25 bits per heavy atom. The number of aryl methyl sites for hydroxylation is 1. The monoisotopic (exact) mass is 267 g/mol. The van der Waals surface area contributed by atoms with Crippen LogP contribution in [0.15, 0.2) is 35.9 Å². The summed E-state index contributed by atoms with van der Waals surface area (Å²) >= 11 is 0. The second kappa shape index (κ2) is 4.23. The van der Waals surface area contributed by atoms with E-state index >= 15 is 0 Å². The van der Waals surface area contributed by atoms with Gasteiger partial charge in [0.25, 0.3) is 0 Å². The number of H-pyrrole nitrogens is 1. The van der Waals surface area contributed by atoms with Crippen molar-refractivity contribution in [3.63, 3.8) is 0 Å². The second-order valence-electron chi connectivity index (χ2n) is 6.26. The lowest BCUT2D eigenvalue weighted by Gasteiger charge is -2.44. The predicted molar refractivity (Wildman–Crippen MR) is 82.1 cm³/mol. The number of fused-ring (bicyclic) bond motifs is 5. The van der Waals surface area contributed by atoms with E-state index in [1.54, 1.807) is 5.57 Å². The highest BCUT2D eigenvalue weighted by Gasteiger charge is 2.46. The van der Waals surface area contributed by atoms with Gasteiger partial charge in [-0.1, -0.05) is 29.8 Å². The molecule has 1 heterocycles.